The molecular weight excluding hydrogens is 272 g/mol. The Morgan fingerprint density at radius 1 is 1.15 bits per heavy atom. The van der Waals surface area contributed by atoms with E-state index in [4.69, 9.17) is 16.3 Å². The number of hydrogen-bond acceptors (Lipinski definition) is 2. The van der Waals surface area contributed by atoms with Crippen molar-refractivity contribution in [3.8, 4) is 5.75 Å². The van der Waals surface area contributed by atoms with Crippen LogP contribution in [0.2, 0.25) is 5.02 Å². The summed E-state index contributed by atoms with van der Waals surface area (Å²) in [6.45, 7) is 4.03. The number of ether oxygens (including phenoxy) is 1. The highest BCUT2D eigenvalue weighted by molar-refractivity contribution is 6.30. The molecule has 0 saturated carbocycles. The van der Waals surface area contributed by atoms with Gasteiger partial charge in [-0.3, -0.25) is 0 Å². The van der Waals surface area contributed by atoms with Gasteiger partial charge in [0.15, 0.2) is 6.10 Å². The minimum Gasteiger partial charge on any atom is -0.483 e. The van der Waals surface area contributed by atoms with Crippen LogP contribution in [0.1, 0.15) is 24.4 Å². The highest BCUT2D eigenvalue weighted by atomic mass is 35.5. The number of aromatic amines is 1. The summed E-state index contributed by atoms with van der Waals surface area (Å²) in [7, 11) is 0. The third-order valence-corrected chi connectivity index (χ3v) is 3.42. The van der Waals surface area contributed by atoms with E-state index < -0.39 is 0 Å². The lowest BCUT2D eigenvalue weighted by atomic mass is 10.2. The number of halogens is 1. The van der Waals surface area contributed by atoms with Crippen LogP contribution in [0.15, 0.2) is 42.5 Å². The van der Waals surface area contributed by atoms with Gasteiger partial charge in [0, 0.05) is 5.02 Å². The summed E-state index contributed by atoms with van der Waals surface area (Å²) in [6, 6.07) is 13.5. The summed E-state index contributed by atoms with van der Waals surface area (Å²) in [5.74, 6) is 1.60. The number of imidazole rings is 1. The summed E-state index contributed by atoms with van der Waals surface area (Å²) < 4.78 is 5.86. The maximum Gasteiger partial charge on any atom is 0.153 e. The average molecular weight is 287 g/mol. The summed E-state index contributed by atoms with van der Waals surface area (Å²) >= 11 is 5.86. The zero-order valence-electron chi connectivity index (χ0n) is 11.4. The van der Waals surface area contributed by atoms with Crippen LogP contribution >= 0.6 is 11.6 Å². The summed E-state index contributed by atoms with van der Waals surface area (Å²) in [6.07, 6.45) is -0.149. The highest BCUT2D eigenvalue weighted by Crippen LogP contribution is 2.23. The normalized spacial score (nSPS) is 12.6. The van der Waals surface area contributed by atoms with Gasteiger partial charge < -0.3 is 9.72 Å². The first kappa shape index (κ1) is 13.0. The molecule has 1 heterocycles. The number of rotatable bonds is 3. The van der Waals surface area contributed by atoms with Crippen molar-refractivity contribution in [3.05, 3.63) is 58.9 Å². The lowest BCUT2D eigenvalue weighted by molar-refractivity contribution is 0.218. The molecule has 0 fully saturated rings. The van der Waals surface area contributed by atoms with Gasteiger partial charge in [0.2, 0.25) is 0 Å². The summed E-state index contributed by atoms with van der Waals surface area (Å²) in [5, 5.41) is 0.698. The molecule has 0 amide bonds. The lowest BCUT2D eigenvalue weighted by Crippen LogP contribution is -2.04. The lowest BCUT2D eigenvalue weighted by Gasteiger charge is -2.12. The van der Waals surface area contributed by atoms with E-state index in [0.29, 0.717) is 5.02 Å². The number of H-pyrrole nitrogens is 1. The van der Waals surface area contributed by atoms with Crippen molar-refractivity contribution in [1.82, 2.24) is 9.97 Å². The van der Waals surface area contributed by atoms with Crippen LogP contribution in [0.5, 0.6) is 5.75 Å². The van der Waals surface area contributed by atoms with Gasteiger partial charge in [0.1, 0.15) is 11.6 Å². The van der Waals surface area contributed by atoms with Crippen LogP contribution in [-0.2, 0) is 0 Å². The van der Waals surface area contributed by atoms with Gasteiger partial charge in [-0.1, -0.05) is 17.7 Å². The maximum absolute atomic E-state index is 5.86. The largest absolute Gasteiger partial charge is 0.483 e. The number of hydrogen-bond donors (Lipinski definition) is 1. The third kappa shape index (κ3) is 2.63. The predicted octanol–water partition coefficient (Wildman–Crippen LogP) is 4.66. The summed E-state index contributed by atoms with van der Waals surface area (Å²) in [4.78, 5) is 7.87. The highest BCUT2D eigenvalue weighted by Gasteiger charge is 2.12. The molecule has 3 rings (SSSR count). The first-order chi connectivity index (χ1) is 9.61. The molecule has 3 aromatic rings. The SMILES string of the molecule is Cc1ccc2nc([C@@H](C)Oc3ccc(Cl)cc3)[nH]c2c1. The molecule has 1 atom stereocenters. The number of aryl methyl sites for hydroxylation is 1. The number of nitrogens with zero attached hydrogens (tertiary/aromatic N) is 1. The summed E-state index contributed by atoms with van der Waals surface area (Å²) in [5.41, 5.74) is 3.20. The maximum atomic E-state index is 5.86. The fourth-order valence-corrected chi connectivity index (χ4v) is 2.23. The van der Waals surface area contributed by atoms with E-state index in [0.717, 1.165) is 22.6 Å². The van der Waals surface area contributed by atoms with Gasteiger partial charge >= 0.3 is 0 Å². The molecule has 4 heteroatoms. The minimum absolute atomic E-state index is 0.149. The first-order valence-electron chi connectivity index (χ1n) is 6.50. The first-order valence-corrected chi connectivity index (χ1v) is 6.88. The van der Waals surface area contributed by atoms with Crippen molar-refractivity contribution in [2.75, 3.05) is 0 Å². The van der Waals surface area contributed by atoms with Crippen molar-refractivity contribution >= 4 is 22.6 Å². The number of benzene rings is 2. The molecule has 0 aliphatic rings. The molecule has 0 saturated heterocycles. The Bertz CT molecular complexity index is 734. The quantitative estimate of drug-likeness (QED) is 0.760. The Balaban J connectivity index is 1.84. The van der Waals surface area contributed by atoms with Crippen molar-refractivity contribution in [1.29, 1.82) is 0 Å². The zero-order valence-corrected chi connectivity index (χ0v) is 12.1. The second-order valence-corrected chi connectivity index (χ2v) is 5.29. The van der Waals surface area contributed by atoms with Crippen LogP contribution in [0, 0.1) is 6.92 Å². The van der Waals surface area contributed by atoms with Gasteiger partial charge in [0.25, 0.3) is 0 Å². The fraction of sp³-hybridized carbons (Fsp3) is 0.188. The molecule has 102 valence electrons. The van der Waals surface area contributed by atoms with Crippen molar-refractivity contribution < 1.29 is 4.74 Å². The van der Waals surface area contributed by atoms with Gasteiger partial charge in [-0.2, -0.15) is 0 Å². The molecule has 2 aromatic carbocycles. The Hall–Kier alpha value is -2.00. The van der Waals surface area contributed by atoms with E-state index in [1.54, 1.807) is 0 Å². The number of nitrogens with one attached hydrogen (secondary N) is 1. The van der Waals surface area contributed by atoms with E-state index in [2.05, 4.69) is 29.0 Å². The Labute approximate surface area is 122 Å². The van der Waals surface area contributed by atoms with E-state index >= 15 is 0 Å². The second-order valence-electron chi connectivity index (χ2n) is 4.86. The molecule has 3 nitrogen and oxygen atoms in total. The Morgan fingerprint density at radius 3 is 2.65 bits per heavy atom. The van der Waals surface area contributed by atoms with Crippen molar-refractivity contribution in [2.24, 2.45) is 0 Å². The van der Waals surface area contributed by atoms with E-state index in [1.807, 2.05) is 37.3 Å². The standard InChI is InChI=1S/C16H15ClN2O/c1-10-3-8-14-15(9-10)19-16(18-14)11(2)20-13-6-4-12(17)5-7-13/h3-9,11H,1-2H3,(H,18,19)/t11-/m1/s1. The molecule has 1 N–H and O–H groups in total. The third-order valence-electron chi connectivity index (χ3n) is 3.17. The van der Waals surface area contributed by atoms with E-state index in [-0.39, 0.29) is 6.10 Å². The Kier molecular flexibility index (Phi) is 3.36. The van der Waals surface area contributed by atoms with Crippen LogP contribution in [0.4, 0.5) is 0 Å². The monoisotopic (exact) mass is 286 g/mol. The molecule has 0 aliphatic carbocycles. The van der Waals surface area contributed by atoms with Crippen LogP contribution in [0.3, 0.4) is 0 Å². The predicted molar refractivity (Wildman–Crippen MR) is 81.3 cm³/mol. The molecule has 20 heavy (non-hydrogen) atoms. The van der Waals surface area contributed by atoms with Gasteiger partial charge in [-0.25, -0.2) is 4.98 Å². The van der Waals surface area contributed by atoms with Crippen LogP contribution in [0.25, 0.3) is 11.0 Å². The fourth-order valence-electron chi connectivity index (χ4n) is 2.11. The number of aromatic nitrogens is 2. The topological polar surface area (TPSA) is 37.9 Å². The molecule has 1 aromatic heterocycles. The molecule has 0 radical (unpaired) electrons. The zero-order chi connectivity index (χ0) is 14.1. The van der Waals surface area contributed by atoms with E-state index in [1.165, 1.54) is 5.56 Å². The van der Waals surface area contributed by atoms with Gasteiger partial charge in [-0.05, 0) is 55.8 Å². The Morgan fingerprint density at radius 2 is 1.90 bits per heavy atom. The van der Waals surface area contributed by atoms with Gasteiger partial charge in [-0.15, -0.1) is 0 Å². The smallest absolute Gasteiger partial charge is 0.153 e. The molecule has 0 bridgehead atoms. The second kappa shape index (κ2) is 5.17. The molecule has 0 unspecified atom stereocenters. The minimum atomic E-state index is -0.149. The van der Waals surface area contributed by atoms with Crippen LogP contribution in [-0.4, -0.2) is 9.97 Å². The molecular formula is C16H15ClN2O. The molecule has 0 spiro atoms. The van der Waals surface area contributed by atoms with Crippen molar-refractivity contribution in [2.45, 2.75) is 20.0 Å². The van der Waals surface area contributed by atoms with Gasteiger partial charge in [0.05, 0.1) is 11.0 Å². The molecule has 0 aliphatic heterocycles. The number of fused-ring (bicyclic) bond motifs is 1. The van der Waals surface area contributed by atoms with Crippen LogP contribution < -0.4 is 4.74 Å². The van der Waals surface area contributed by atoms with Crippen molar-refractivity contribution in [3.63, 3.8) is 0 Å². The van der Waals surface area contributed by atoms with E-state index in [9.17, 15) is 0 Å². The average Bonchev–Trinajstić information content (AvgIpc) is 2.84.